The van der Waals surface area contributed by atoms with Crippen molar-refractivity contribution >= 4 is 0 Å². The molecule has 1 aromatic carbocycles. The standard InChI is InChI=1S/C13H17FN4/c1-4-15-9(2)11-6-5-10(14)7-12(11)13-8-16-17-18(13)3/h5-9,15H,4H2,1-3H3. The van der Waals surface area contributed by atoms with Gasteiger partial charge in [0, 0.05) is 18.7 Å². The van der Waals surface area contributed by atoms with Gasteiger partial charge in [0.05, 0.1) is 11.9 Å². The molecule has 0 amide bonds. The van der Waals surface area contributed by atoms with Gasteiger partial charge < -0.3 is 5.32 Å². The van der Waals surface area contributed by atoms with Crippen molar-refractivity contribution in [2.24, 2.45) is 7.05 Å². The minimum atomic E-state index is -0.251. The first-order valence-electron chi connectivity index (χ1n) is 6.01. The normalized spacial score (nSPS) is 12.7. The van der Waals surface area contributed by atoms with E-state index in [9.17, 15) is 4.39 Å². The number of rotatable bonds is 4. The molecule has 1 N–H and O–H groups in total. The summed E-state index contributed by atoms with van der Waals surface area (Å²) in [5, 5.41) is 11.1. The summed E-state index contributed by atoms with van der Waals surface area (Å²) in [6, 6.07) is 4.98. The first-order valence-corrected chi connectivity index (χ1v) is 6.01. The minimum Gasteiger partial charge on any atom is -0.310 e. The number of hydrogen-bond acceptors (Lipinski definition) is 3. The van der Waals surface area contributed by atoms with Gasteiger partial charge in [0.1, 0.15) is 5.82 Å². The summed E-state index contributed by atoms with van der Waals surface area (Å²) in [4.78, 5) is 0. The van der Waals surface area contributed by atoms with Crippen LogP contribution in [-0.2, 0) is 7.05 Å². The smallest absolute Gasteiger partial charge is 0.123 e. The predicted octanol–water partition coefficient (Wildman–Crippen LogP) is 2.29. The Hall–Kier alpha value is -1.75. The van der Waals surface area contributed by atoms with Gasteiger partial charge in [-0.25, -0.2) is 9.07 Å². The summed E-state index contributed by atoms with van der Waals surface area (Å²) in [7, 11) is 1.80. The highest BCUT2D eigenvalue weighted by molar-refractivity contribution is 5.64. The maximum atomic E-state index is 13.4. The fourth-order valence-electron chi connectivity index (χ4n) is 2.08. The van der Waals surface area contributed by atoms with Gasteiger partial charge in [0.15, 0.2) is 0 Å². The summed E-state index contributed by atoms with van der Waals surface area (Å²) in [6.07, 6.45) is 1.65. The van der Waals surface area contributed by atoms with Crippen molar-refractivity contribution in [3.05, 3.63) is 35.8 Å². The van der Waals surface area contributed by atoms with E-state index in [4.69, 9.17) is 0 Å². The largest absolute Gasteiger partial charge is 0.310 e. The number of nitrogens with zero attached hydrogens (tertiary/aromatic N) is 3. The topological polar surface area (TPSA) is 42.7 Å². The number of hydrogen-bond donors (Lipinski definition) is 1. The van der Waals surface area contributed by atoms with Gasteiger partial charge >= 0.3 is 0 Å². The second kappa shape index (κ2) is 5.27. The molecule has 0 aliphatic heterocycles. The second-order valence-electron chi connectivity index (χ2n) is 4.25. The third kappa shape index (κ3) is 2.41. The molecule has 0 saturated carbocycles. The van der Waals surface area contributed by atoms with E-state index in [1.165, 1.54) is 12.1 Å². The fraction of sp³-hybridized carbons (Fsp3) is 0.385. The van der Waals surface area contributed by atoms with Gasteiger partial charge in [-0.05, 0) is 31.2 Å². The zero-order chi connectivity index (χ0) is 13.1. The molecule has 4 nitrogen and oxygen atoms in total. The van der Waals surface area contributed by atoms with Crippen LogP contribution in [0, 0.1) is 5.82 Å². The van der Waals surface area contributed by atoms with Crippen LogP contribution < -0.4 is 5.32 Å². The first-order chi connectivity index (χ1) is 8.63. The van der Waals surface area contributed by atoms with Crippen LogP contribution in [0.5, 0.6) is 0 Å². The molecule has 18 heavy (non-hydrogen) atoms. The van der Waals surface area contributed by atoms with Crippen LogP contribution in [-0.4, -0.2) is 21.5 Å². The molecule has 0 saturated heterocycles. The molecule has 1 atom stereocenters. The number of benzene rings is 1. The Kier molecular flexibility index (Phi) is 3.72. The fourth-order valence-corrected chi connectivity index (χ4v) is 2.08. The Bertz CT molecular complexity index is 536. The van der Waals surface area contributed by atoms with Crippen molar-refractivity contribution in [1.82, 2.24) is 20.3 Å². The van der Waals surface area contributed by atoms with E-state index in [-0.39, 0.29) is 11.9 Å². The molecule has 0 aliphatic rings. The van der Waals surface area contributed by atoms with Crippen molar-refractivity contribution in [3.63, 3.8) is 0 Å². The summed E-state index contributed by atoms with van der Waals surface area (Å²) in [5.74, 6) is -0.251. The zero-order valence-electron chi connectivity index (χ0n) is 10.8. The van der Waals surface area contributed by atoms with E-state index in [2.05, 4.69) is 22.6 Å². The number of aryl methyl sites for hydroxylation is 1. The summed E-state index contributed by atoms with van der Waals surface area (Å²) in [6.45, 7) is 4.97. The van der Waals surface area contributed by atoms with Crippen LogP contribution in [0.15, 0.2) is 24.4 Å². The van der Waals surface area contributed by atoms with Gasteiger partial charge in [-0.15, -0.1) is 5.10 Å². The maximum absolute atomic E-state index is 13.4. The Morgan fingerprint density at radius 2 is 2.22 bits per heavy atom. The van der Waals surface area contributed by atoms with Gasteiger partial charge in [-0.3, -0.25) is 0 Å². The quantitative estimate of drug-likeness (QED) is 0.902. The third-order valence-electron chi connectivity index (χ3n) is 2.98. The van der Waals surface area contributed by atoms with Gasteiger partial charge in [-0.1, -0.05) is 18.2 Å². The lowest BCUT2D eigenvalue weighted by Crippen LogP contribution is -2.18. The van der Waals surface area contributed by atoms with Crippen molar-refractivity contribution in [2.75, 3.05) is 6.54 Å². The van der Waals surface area contributed by atoms with Crippen LogP contribution in [0.25, 0.3) is 11.3 Å². The molecule has 1 heterocycles. The van der Waals surface area contributed by atoms with Gasteiger partial charge in [-0.2, -0.15) is 0 Å². The lowest BCUT2D eigenvalue weighted by Gasteiger charge is -2.17. The molecule has 0 bridgehead atoms. The highest BCUT2D eigenvalue weighted by Gasteiger charge is 2.14. The molecule has 0 fully saturated rings. The molecule has 2 aromatic rings. The van der Waals surface area contributed by atoms with E-state index in [0.717, 1.165) is 23.4 Å². The molecule has 1 aromatic heterocycles. The van der Waals surface area contributed by atoms with E-state index >= 15 is 0 Å². The summed E-state index contributed by atoms with van der Waals surface area (Å²) < 4.78 is 15.1. The lowest BCUT2D eigenvalue weighted by atomic mass is 9.99. The van der Waals surface area contributed by atoms with Crippen molar-refractivity contribution in [1.29, 1.82) is 0 Å². The van der Waals surface area contributed by atoms with Gasteiger partial charge in [0.2, 0.25) is 0 Å². The lowest BCUT2D eigenvalue weighted by molar-refractivity contribution is 0.592. The number of nitrogens with one attached hydrogen (secondary N) is 1. The molecule has 0 radical (unpaired) electrons. The highest BCUT2D eigenvalue weighted by Crippen LogP contribution is 2.28. The molecular weight excluding hydrogens is 231 g/mol. The number of halogens is 1. The van der Waals surface area contributed by atoms with Crippen LogP contribution >= 0.6 is 0 Å². The zero-order valence-corrected chi connectivity index (χ0v) is 10.8. The van der Waals surface area contributed by atoms with E-state index in [1.807, 2.05) is 13.0 Å². The molecule has 5 heteroatoms. The van der Waals surface area contributed by atoms with E-state index < -0.39 is 0 Å². The molecule has 2 rings (SSSR count). The Morgan fingerprint density at radius 1 is 1.44 bits per heavy atom. The highest BCUT2D eigenvalue weighted by atomic mass is 19.1. The minimum absolute atomic E-state index is 0.153. The average molecular weight is 248 g/mol. The summed E-state index contributed by atoms with van der Waals surface area (Å²) in [5.41, 5.74) is 2.69. The van der Waals surface area contributed by atoms with E-state index in [1.54, 1.807) is 17.9 Å². The van der Waals surface area contributed by atoms with Crippen molar-refractivity contribution in [2.45, 2.75) is 19.9 Å². The van der Waals surface area contributed by atoms with Crippen LogP contribution in [0.4, 0.5) is 4.39 Å². The summed E-state index contributed by atoms with van der Waals surface area (Å²) >= 11 is 0. The molecule has 0 spiro atoms. The van der Waals surface area contributed by atoms with Crippen LogP contribution in [0.1, 0.15) is 25.5 Å². The SMILES string of the molecule is CCNC(C)c1ccc(F)cc1-c1cnnn1C. The van der Waals surface area contributed by atoms with Crippen molar-refractivity contribution < 1.29 is 4.39 Å². The third-order valence-corrected chi connectivity index (χ3v) is 2.98. The first kappa shape index (κ1) is 12.7. The Morgan fingerprint density at radius 3 is 2.83 bits per heavy atom. The average Bonchev–Trinajstić information content (AvgIpc) is 2.75. The number of aromatic nitrogens is 3. The van der Waals surface area contributed by atoms with Crippen molar-refractivity contribution in [3.8, 4) is 11.3 Å². The molecule has 0 aliphatic carbocycles. The molecule has 96 valence electrons. The van der Waals surface area contributed by atoms with Crippen LogP contribution in [0.3, 0.4) is 0 Å². The maximum Gasteiger partial charge on any atom is 0.123 e. The van der Waals surface area contributed by atoms with Crippen LogP contribution in [0.2, 0.25) is 0 Å². The molecular formula is C13H17FN4. The Labute approximate surface area is 106 Å². The molecule has 1 unspecified atom stereocenters. The second-order valence-corrected chi connectivity index (χ2v) is 4.25. The van der Waals surface area contributed by atoms with Gasteiger partial charge in [0.25, 0.3) is 0 Å². The Balaban J connectivity index is 2.51. The monoisotopic (exact) mass is 248 g/mol. The predicted molar refractivity (Wildman–Crippen MR) is 68.5 cm³/mol. The van der Waals surface area contributed by atoms with E-state index in [0.29, 0.717) is 0 Å².